The van der Waals surface area contributed by atoms with E-state index in [0.717, 1.165) is 18.5 Å². The maximum absolute atomic E-state index is 12.5. The van der Waals surface area contributed by atoms with Crippen LogP contribution in [-0.2, 0) is 4.79 Å². The third-order valence-corrected chi connectivity index (χ3v) is 4.64. The van der Waals surface area contributed by atoms with E-state index in [1.54, 1.807) is 29.4 Å². The quantitative estimate of drug-likeness (QED) is 0.890. The number of hydrogen-bond donors (Lipinski definition) is 2. The number of carbonyl (C=O) groups is 1. The van der Waals surface area contributed by atoms with Crippen LogP contribution in [0.15, 0.2) is 30.7 Å². The number of rotatable bonds is 3. The lowest BCUT2D eigenvalue weighted by Crippen LogP contribution is -2.40. The van der Waals surface area contributed by atoms with Gasteiger partial charge in [0.25, 0.3) is 5.91 Å². The molecule has 0 bridgehead atoms. The maximum Gasteiger partial charge on any atom is 0.256 e. The molecule has 1 saturated heterocycles. The number of H-pyrrole nitrogens is 1. The Morgan fingerprint density at radius 3 is 2.48 bits per heavy atom. The molecular formula is C16H17Cl2N3O2. The van der Waals surface area contributed by atoms with Crippen molar-refractivity contribution in [2.45, 2.75) is 24.9 Å². The number of aromatic amines is 1. The standard InChI is InChI=1S/C16H17Cl2N3O2/c17-12-5-11(6-13(18)7-12)15(22)16(23)21-3-1-10(2-4-21)14-8-19-9-20-14/h5-10,15,22H,1-4H2,(H,19,20). The van der Waals surface area contributed by atoms with E-state index in [4.69, 9.17) is 23.2 Å². The zero-order valence-corrected chi connectivity index (χ0v) is 13.9. The highest BCUT2D eigenvalue weighted by molar-refractivity contribution is 6.34. The number of aliphatic hydroxyl groups is 1. The highest BCUT2D eigenvalue weighted by Crippen LogP contribution is 2.29. The molecule has 0 spiro atoms. The van der Waals surface area contributed by atoms with Crippen molar-refractivity contribution in [3.8, 4) is 0 Å². The zero-order valence-electron chi connectivity index (χ0n) is 12.4. The number of halogens is 2. The van der Waals surface area contributed by atoms with Crippen LogP contribution in [0.5, 0.6) is 0 Å². The van der Waals surface area contributed by atoms with Gasteiger partial charge in [-0.2, -0.15) is 0 Å². The first kappa shape index (κ1) is 16.3. The fourth-order valence-corrected chi connectivity index (χ4v) is 3.49. The van der Waals surface area contributed by atoms with E-state index in [1.807, 2.05) is 6.20 Å². The van der Waals surface area contributed by atoms with Crippen LogP contribution in [0.4, 0.5) is 0 Å². The molecular weight excluding hydrogens is 337 g/mol. The van der Waals surface area contributed by atoms with E-state index >= 15 is 0 Å². The normalized spacial score (nSPS) is 17.3. The molecule has 0 radical (unpaired) electrons. The van der Waals surface area contributed by atoms with E-state index in [9.17, 15) is 9.90 Å². The van der Waals surface area contributed by atoms with Gasteiger partial charge >= 0.3 is 0 Å². The Bertz CT molecular complexity index is 662. The van der Waals surface area contributed by atoms with Crippen LogP contribution in [0.25, 0.3) is 0 Å². The van der Waals surface area contributed by atoms with Crippen LogP contribution in [0.2, 0.25) is 10.0 Å². The van der Waals surface area contributed by atoms with Crippen molar-refractivity contribution in [1.29, 1.82) is 0 Å². The van der Waals surface area contributed by atoms with E-state index in [0.29, 0.717) is 34.6 Å². The summed E-state index contributed by atoms with van der Waals surface area (Å²) in [7, 11) is 0. The summed E-state index contributed by atoms with van der Waals surface area (Å²) >= 11 is 11.9. The van der Waals surface area contributed by atoms with Crippen LogP contribution in [0, 0.1) is 0 Å². The third-order valence-electron chi connectivity index (χ3n) is 4.20. The Kier molecular flexibility index (Phi) is 4.90. The van der Waals surface area contributed by atoms with Crippen molar-refractivity contribution >= 4 is 29.1 Å². The summed E-state index contributed by atoms with van der Waals surface area (Å²) in [5, 5.41) is 11.1. The first-order chi connectivity index (χ1) is 11.0. The van der Waals surface area contributed by atoms with Gasteiger partial charge in [0.1, 0.15) is 0 Å². The molecule has 1 unspecified atom stereocenters. The second-order valence-corrected chi connectivity index (χ2v) is 6.58. The molecule has 1 atom stereocenters. The van der Waals surface area contributed by atoms with Crippen LogP contribution >= 0.6 is 23.2 Å². The van der Waals surface area contributed by atoms with Crippen molar-refractivity contribution in [2.24, 2.45) is 0 Å². The van der Waals surface area contributed by atoms with Gasteiger partial charge in [0.05, 0.1) is 6.33 Å². The fourth-order valence-electron chi connectivity index (χ4n) is 2.95. The van der Waals surface area contributed by atoms with Crippen molar-refractivity contribution < 1.29 is 9.90 Å². The SMILES string of the molecule is O=C(C(O)c1cc(Cl)cc(Cl)c1)N1CCC(c2cnc[nH]2)CC1. The highest BCUT2D eigenvalue weighted by Gasteiger charge is 2.29. The summed E-state index contributed by atoms with van der Waals surface area (Å²) < 4.78 is 0. The molecule has 23 heavy (non-hydrogen) atoms. The molecule has 122 valence electrons. The second kappa shape index (κ2) is 6.91. The van der Waals surface area contributed by atoms with Crippen LogP contribution < -0.4 is 0 Å². The van der Waals surface area contributed by atoms with Gasteiger partial charge in [0.2, 0.25) is 0 Å². The Hall–Kier alpha value is -1.56. The zero-order chi connectivity index (χ0) is 16.4. The van der Waals surface area contributed by atoms with Crippen LogP contribution in [0.3, 0.4) is 0 Å². The third kappa shape index (κ3) is 3.68. The first-order valence-electron chi connectivity index (χ1n) is 7.45. The summed E-state index contributed by atoms with van der Waals surface area (Å²) in [6.07, 6.45) is 3.94. The Morgan fingerprint density at radius 1 is 1.26 bits per heavy atom. The van der Waals surface area contributed by atoms with E-state index < -0.39 is 6.10 Å². The van der Waals surface area contributed by atoms with E-state index in [1.165, 1.54) is 0 Å². The average molecular weight is 354 g/mol. The molecule has 3 rings (SSSR count). The number of nitrogens with zero attached hydrogens (tertiary/aromatic N) is 2. The largest absolute Gasteiger partial charge is 0.378 e. The lowest BCUT2D eigenvalue weighted by molar-refractivity contribution is -0.141. The van der Waals surface area contributed by atoms with Gasteiger partial charge in [-0.25, -0.2) is 4.98 Å². The van der Waals surface area contributed by atoms with Crippen LogP contribution in [0.1, 0.15) is 36.1 Å². The summed E-state index contributed by atoms with van der Waals surface area (Å²) in [4.78, 5) is 21.3. The summed E-state index contributed by atoms with van der Waals surface area (Å²) in [5.41, 5.74) is 1.52. The number of aliphatic hydroxyl groups excluding tert-OH is 1. The number of benzene rings is 1. The molecule has 1 aromatic carbocycles. The number of carbonyl (C=O) groups excluding carboxylic acids is 1. The molecule has 2 N–H and O–H groups in total. The summed E-state index contributed by atoms with van der Waals surface area (Å²) in [6, 6.07) is 4.69. The number of piperidine rings is 1. The summed E-state index contributed by atoms with van der Waals surface area (Å²) in [5.74, 6) is 0.0608. The predicted octanol–water partition coefficient (Wildman–Crippen LogP) is 3.16. The molecule has 1 aliphatic heterocycles. The maximum atomic E-state index is 12.5. The molecule has 7 heteroatoms. The van der Waals surface area contributed by atoms with Crippen molar-refractivity contribution in [2.75, 3.05) is 13.1 Å². The van der Waals surface area contributed by atoms with E-state index in [-0.39, 0.29) is 5.91 Å². The second-order valence-electron chi connectivity index (χ2n) is 5.71. The fraction of sp³-hybridized carbons (Fsp3) is 0.375. The minimum Gasteiger partial charge on any atom is -0.378 e. The van der Waals surface area contributed by atoms with Gasteiger partial charge in [-0.3, -0.25) is 4.79 Å². The lowest BCUT2D eigenvalue weighted by atomic mass is 9.93. The molecule has 0 saturated carbocycles. The topological polar surface area (TPSA) is 69.2 Å². The Labute approximate surface area is 144 Å². The monoisotopic (exact) mass is 353 g/mol. The number of nitrogens with one attached hydrogen (secondary N) is 1. The predicted molar refractivity (Wildman–Crippen MR) is 88.6 cm³/mol. The van der Waals surface area contributed by atoms with Gasteiger partial charge in [0.15, 0.2) is 6.10 Å². The summed E-state index contributed by atoms with van der Waals surface area (Å²) in [6.45, 7) is 1.21. The van der Waals surface area contributed by atoms with Crippen molar-refractivity contribution in [3.05, 3.63) is 52.0 Å². The molecule has 1 amide bonds. The van der Waals surface area contributed by atoms with Gasteiger partial charge in [-0.1, -0.05) is 23.2 Å². The average Bonchev–Trinajstić information content (AvgIpc) is 3.07. The Balaban J connectivity index is 1.64. The first-order valence-corrected chi connectivity index (χ1v) is 8.21. The molecule has 5 nitrogen and oxygen atoms in total. The molecule has 1 fully saturated rings. The van der Waals surface area contributed by atoms with Gasteiger partial charge in [0, 0.05) is 40.9 Å². The Morgan fingerprint density at radius 2 is 1.91 bits per heavy atom. The van der Waals surface area contributed by atoms with Gasteiger partial charge < -0.3 is 15.0 Å². The van der Waals surface area contributed by atoms with Crippen LogP contribution in [-0.4, -0.2) is 39.0 Å². The highest BCUT2D eigenvalue weighted by atomic mass is 35.5. The molecule has 1 aromatic heterocycles. The minimum atomic E-state index is -1.24. The number of likely N-dealkylation sites (tertiary alicyclic amines) is 1. The number of aromatic nitrogens is 2. The minimum absolute atomic E-state index is 0.314. The number of imidazole rings is 1. The van der Waals surface area contributed by atoms with Gasteiger partial charge in [-0.05, 0) is 36.6 Å². The number of hydrogen-bond acceptors (Lipinski definition) is 3. The smallest absolute Gasteiger partial charge is 0.256 e. The molecule has 1 aliphatic rings. The van der Waals surface area contributed by atoms with E-state index in [2.05, 4.69) is 9.97 Å². The van der Waals surface area contributed by atoms with Crippen molar-refractivity contribution in [1.82, 2.24) is 14.9 Å². The molecule has 2 aromatic rings. The molecule has 0 aliphatic carbocycles. The lowest BCUT2D eigenvalue weighted by Gasteiger charge is -2.32. The van der Waals surface area contributed by atoms with Crippen molar-refractivity contribution in [3.63, 3.8) is 0 Å². The molecule has 2 heterocycles. The number of amides is 1. The van der Waals surface area contributed by atoms with Gasteiger partial charge in [-0.15, -0.1) is 0 Å².